The van der Waals surface area contributed by atoms with Gasteiger partial charge in [0.25, 0.3) is 0 Å². The van der Waals surface area contributed by atoms with Crippen molar-refractivity contribution < 1.29 is 19.1 Å². The lowest BCUT2D eigenvalue weighted by Gasteiger charge is -2.33. The van der Waals surface area contributed by atoms with Crippen molar-refractivity contribution in [3.8, 4) is 0 Å². The van der Waals surface area contributed by atoms with E-state index in [2.05, 4.69) is 0 Å². The van der Waals surface area contributed by atoms with E-state index in [1.807, 2.05) is 12.2 Å². The van der Waals surface area contributed by atoms with Gasteiger partial charge in [-0.25, -0.2) is 0 Å². The van der Waals surface area contributed by atoms with Gasteiger partial charge in [-0.15, -0.1) is 0 Å². The van der Waals surface area contributed by atoms with Crippen LogP contribution in [-0.4, -0.2) is 23.6 Å². The zero-order valence-corrected chi connectivity index (χ0v) is 8.88. The molecule has 1 heterocycles. The molecule has 2 bridgehead atoms. The Balaban J connectivity index is 1.97. The van der Waals surface area contributed by atoms with Crippen LogP contribution >= 0.6 is 0 Å². The molecule has 84 valence electrons. The van der Waals surface area contributed by atoms with Crippen LogP contribution in [0.3, 0.4) is 0 Å². The van der Waals surface area contributed by atoms with Gasteiger partial charge in [-0.1, -0.05) is 12.2 Å². The Morgan fingerprint density at radius 1 is 1.31 bits per heavy atom. The molecule has 1 saturated carbocycles. The number of ketones is 2. The van der Waals surface area contributed by atoms with Gasteiger partial charge in [0.05, 0.1) is 5.92 Å². The number of esters is 1. The van der Waals surface area contributed by atoms with Gasteiger partial charge >= 0.3 is 5.97 Å². The van der Waals surface area contributed by atoms with E-state index in [1.54, 1.807) is 0 Å². The molecule has 5 atom stereocenters. The zero-order chi connectivity index (χ0) is 11.4. The molecule has 0 aromatic carbocycles. The Morgan fingerprint density at radius 3 is 2.69 bits per heavy atom. The topological polar surface area (TPSA) is 60.4 Å². The van der Waals surface area contributed by atoms with Crippen molar-refractivity contribution in [2.45, 2.75) is 19.4 Å². The van der Waals surface area contributed by atoms with Gasteiger partial charge in [0.1, 0.15) is 6.10 Å². The molecule has 4 nitrogen and oxygen atoms in total. The van der Waals surface area contributed by atoms with E-state index >= 15 is 0 Å². The van der Waals surface area contributed by atoms with Gasteiger partial charge in [0.15, 0.2) is 17.5 Å². The summed E-state index contributed by atoms with van der Waals surface area (Å²) in [6.45, 7) is 1.27. The Kier molecular flexibility index (Phi) is 1.85. The summed E-state index contributed by atoms with van der Waals surface area (Å²) in [6, 6.07) is 0. The van der Waals surface area contributed by atoms with Gasteiger partial charge in [0.2, 0.25) is 0 Å². The first-order valence-corrected chi connectivity index (χ1v) is 5.52. The molecule has 1 aliphatic heterocycles. The van der Waals surface area contributed by atoms with Crippen molar-refractivity contribution in [1.82, 2.24) is 0 Å². The van der Waals surface area contributed by atoms with Crippen LogP contribution in [0.25, 0.3) is 0 Å². The normalized spacial score (nSPS) is 44.4. The van der Waals surface area contributed by atoms with Crippen LogP contribution in [0.1, 0.15) is 13.3 Å². The number of hydrogen-bond donors (Lipinski definition) is 0. The highest BCUT2D eigenvalue weighted by atomic mass is 16.5. The average molecular weight is 220 g/mol. The maximum absolute atomic E-state index is 12.1. The minimum absolute atomic E-state index is 0.164. The van der Waals surface area contributed by atoms with E-state index in [9.17, 15) is 14.4 Å². The van der Waals surface area contributed by atoms with E-state index in [-0.39, 0.29) is 29.6 Å². The zero-order valence-electron chi connectivity index (χ0n) is 8.88. The number of carbonyl (C=O) groups excluding carboxylic acids is 3. The molecule has 0 aromatic heterocycles. The number of ether oxygens (including phenoxy) is 1. The molecule has 2 fully saturated rings. The first-order valence-electron chi connectivity index (χ1n) is 5.52. The second-order valence-corrected chi connectivity index (χ2v) is 4.82. The quantitative estimate of drug-likeness (QED) is 0.367. The van der Waals surface area contributed by atoms with E-state index in [4.69, 9.17) is 4.74 Å². The second-order valence-electron chi connectivity index (χ2n) is 4.82. The number of allylic oxidation sites excluding steroid dienone is 1. The molecule has 0 aromatic rings. The number of carbonyl (C=O) groups is 3. The Bertz CT molecular complexity index is 423. The second kappa shape index (κ2) is 3.03. The van der Waals surface area contributed by atoms with E-state index in [1.165, 1.54) is 6.92 Å². The molecular weight excluding hydrogens is 208 g/mol. The average Bonchev–Trinajstić information content (AvgIpc) is 2.76. The minimum Gasteiger partial charge on any atom is -0.460 e. The van der Waals surface area contributed by atoms with Crippen molar-refractivity contribution in [3.05, 3.63) is 12.2 Å². The summed E-state index contributed by atoms with van der Waals surface area (Å²) in [7, 11) is 0. The largest absolute Gasteiger partial charge is 0.460 e. The summed E-state index contributed by atoms with van der Waals surface area (Å²) in [5.74, 6) is -2.39. The van der Waals surface area contributed by atoms with Crippen LogP contribution in [0.2, 0.25) is 0 Å². The van der Waals surface area contributed by atoms with Crippen molar-refractivity contribution in [3.63, 3.8) is 0 Å². The van der Waals surface area contributed by atoms with Crippen LogP contribution < -0.4 is 0 Å². The number of Topliss-reactive ketones (excluding diaryl/α,β-unsaturated/α-hetero) is 2. The highest BCUT2D eigenvalue weighted by Gasteiger charge is 2.57. The van der Waals surface area contributed by atoms with Crippen molar-refractivity contribution in [2.24, 2.45) is 23.7 Å². The molecule has 4 heteroatoms. The van der Waals surface area contributed by atoms with Crippen molar-refractivity contribution in [2.75, 3.05) is 0 Å². The van der Waals surface area contributed by atoms with Gasteiger partial charge in [0, 0.05) is 5.92 Å². The summed E-state index contributed by atoms with van der Waals surface area (Å²) in [5, 5.41) is 0. The molecule has 3 rings (SSSR count). The van der Waals surface area contributed by atoms with Gasteiger partial charge in [-0.2, -0.15) is 0 Å². The first-order chi connectivity index (χ1) is 7.59. The van der Waals surface area contributed by atoms with E-state index in [0.29, 0.717) is 0 Å². The standard InChI is InChI=1S/C12H12O4/c1-5(13)8-10(14)9-6-2-3-7(4-6)11(9)16-12(8)15/h2-3,6-9,11H,4H2,1H3/t6-,7-,8+,9-,11-/m0/s1. The Hall–Kier alpha value is -1.45. The molecule has 0 N–H and O–H groups in total. The first kappa shape index (κ1) is 9.75. The number of rotatable bonds is 1. The molecular formula is C12H12O4. The van der Waals surface area contributed by atoms with Gasteiger partial charge < -0.3 is 4.74 Å². The smallest absolute Gasteiger partial charge is 0.324 e. The fourth-order valence-corrected chi connectivity index (χ4v) is 3.19. The number of fused-ring (bicyclic) bond motifs is 5. The fraction of sp³-hybridized carbons (Fsp3) is 0.583. The molecule has 1 saturated heterocycles. The molecule has 0 radical (unpaired) electrons. The summed E-state index contributed by atoms with van der Waals surface area (Å²) in [6.07, 6.45) is 4.59. The monoisotopic (exact) mass is 220 g/mol. The molecule has 2 aliphatic carbocycles. The lowest BCUT2D eigenvalue weighted by Crippen LogP contribution is -2.49. The molecule has 0 unspecified atom stereocenters. The summed E-state index contributed by atoms with van der Waals surface area (Å²) in [4.78, 5) is 34.9. The maximum Gasteiger partial charge on any atom is 0.324 e. The van der Waals surface area contributed by atoms with Crippen molar-refractivity contribution >= 4 is 17.5 Å². The van der Waals surface area contributed by atoms with E-state index < -0.39 is 17.7 Å². The molecule has 0 amide bonds. The SMILES string of the molecule is CC(=O)[C@H]1C(=O)O[C@@H]2[C@H](C1=O)[C@H]1C=C[C@H]2C1. The summed E-state index contributed by atoms with van der Waals surface area (Å²) in [5.41, 5.74) is 0. The third-order valence-electron chi connectivity index (χ3n) is 3.89. The lowest BCUT2D eigenvalue weighted by molar-refractivity contribution is -0.172. The summed E-state index contributed by atoms with van der Waals surface area (Å²) >= 11 is 0. The Morgan fingerprint density at radius 2 is 2.00 bits per heavy atom. The summed E-state index contributed by atoms with van der Waals surface area (Å²) < 4.78 is 5.26. The minimum atomic E-state index is -1.17. The van der Waals surface area contributed by atoms with Crippen LogP contribution in [0.5, 0.6) is 0 Å². The third kappa shape index (κ3) is 1.07. The maximum atomic E-state index is 12.1. The van der Waals surface area contributed by atoms with E-state index in [0.717, 1.165) is 6.42 Å². The van der Waals surface area contributed by atoms with Crippen LogP contribution in [0.4, 0.5) is 0 Å². The molecule has 16 heavy (non-hydrogen) atoms. The molecule has 0 spiro atoms. The van der Waals surface area contributed by atoms with Gasteiger partial charge in [-0.3, -0.25) is 14.4 Å². The van der Waals surface area contributed by atoms with Crippen LogP contribution in [0.15, 0.2) is 12.2 Å². The van der Waals surface area contributed by atoms with Gasteiger partial charge in [-0.05, 0) is 19.3 Å². The predicted octanol–water partition coefficient (Wildman–Crippen LogP) is 0.508. The Labute approximate surface area is 92.6 Å². The third-order valence-corrected chi connectivity index (χ3v) is 3.89. The highest BCUT2D eigenvalue weighted by molar-refractivity contribution is 6.18. The predicted molar refractivity (Wildman–Crippen MR) is 53.3 cm³/mol. The van der Waals surface area contributed by atoms with Crippen molar-refractivity contribution in [1.29, 1.82) is 0 Å². The van der Waals surface area contributed by atoms with Crippen LogP contribution in [0, 0.1) is 23.7 Å². The fourth-order valence-electron chi connectivity index (χ4n) is 3.19. The molecule has 3 aliphatic rings. The highest BCUT2D eigenvalue weighted by Crippen LogP contribution is 2.48. The number of hydrogen-bond acceptors (Lipinski definition) is 4. The lowest BCUT2D eigenvalue weighted by atomic mass is 9.78. The van der Waals surface area contributed by atoms with Crippen LogP contribution in [-0.2, 0) is 19.1 Å².